The first-order chi connectivity index (χ1) is 10.5. The second-order valence-electron chi connectivity index (χ2n) is 5.16. The molecule has 1 aromatic heterocycles. The first-order valence-electron chi connectivity index (χ1n) is 6.75. The molecule has 22 heavy (non-hydrogen) atoms. The van der Waals surface area contributed by atoms with E-state index in [9.17, 15) is 20.4 Å². The van der Waals surface area contributed by atoms with E-state index >= 15 is 0 Å². The van der Waals surface area contributed by atoms with E-state index in [0.717, 1.165) is 15.4 Å². The highest BCUT2D eigenvalue weighted by atomic mass is 79.9. The lowest BCUT2D eigenvalue weighted by Crippen LogP contribution is -2.60. The molecule has 8 heteroatoms. The molecule has 0 bridgehead atoms. The van der Waals surface area contributed by atoms with E-state index < -0.39 is 37.3 Å². The Morgan fingerprint density at radius 1 is 1.18 bits per heavy atom. The highest BCUT2D eigenvalue weighted by Gasteiger charge is 2.44. The Hall–Kier alpha value is -1.16. The van der Waals surface area contributed by atoms with Crippen LogP contribution in [0.15, 0.2) is 28.9 Å². The minimum atomic E-state index is -1.46. The predicted octanol–water partition coefficient (Wildman–Crippen LogP) is 0.109. The topological polar surface area (TPSA) is 115 Å². The number of aliphatic hydroxyl groups is 4. The summed E-state index contributed by atoms with van der Waals surface area (Å²) in [7, 11) is 0. The van der Waals surface area contributed by atoms with Gasteiger partial charge in [0.25, 0.3) is 0 Å². The van der Waals surface area contributed by atoms with Gasteiger partial charge >= 0.3 is 0 Å². The number of fused-ring (bicyclic) bond motifs is 1. The van der Waals surface area contributed by atoms with Gasteiger partial charge in [-0.05, 0) is 18.2 Å². The SMILES string of the molecule is OCC1O[C@@H](Oc2c[nH]c3ccc(Br)cc23)[C@@H](O)[C@H](O)C1O. The zero-order valence-electron chi connectivity index (χ0n) is 11.4. The van der Waals surface area contributed by atoms with Crippen molar-refractivity contribution >= 4 is 26.8 Å². The van der Waals surface area contributed by atoms with Crippen molar-refractivity contribution in [3.63, 3.8) is 0 Å². The third-order valence-corrected chi connectivity index (χ3v) is 4.19. The third-order valence-electron chi connectivity index (χ3n) is 3.70. The number of rotatable bonds is 3. The molecule has 0 saturated carbocycles. The fourth-order valence-corrected chi connectivity index (χ4v) is 2.82. The van der Waals surface area contributed by atoms with Crippen LogP contribution in [0.25, 0.3) is 10.9 Å². The van der Waals surface area contributed by atoms with Gasteiger partial charge in [0.1, 0.15) is 30.2 Å². The summed E-state index contributed by atoms with van der Waals surface area (Å²) in [5, 5.41) is 39.4. The number of aromatic nitrogens is 1. The molecule has 2 heterocycles. The van der Waals surface area contributed by atoms with Crippen molar-refractivity contribution in [3.05, 3.63) is 28.9 Å². The van der Waals surface area contributed by atoms with Crippen LogP contribution in [0.4, 0.5) is 0 Å². The Morgan fingerprint density at radius 2 is 1.95 bits per heavy atom. The first-order valence-corrected chi connectivity index (χ1v) is 7.54. The van der Waals surface area contributed by atoms with E-state index in [1.54, 1.807) is 6.20 Å². The molecular weight excluding hydrogens is 358 g/mol. The van der Waals surface area contributed by atoms with Crippen molar-refractivity contribution in [1.82, 2.24) is 4.98 Å². The Bertz CT molecular complexity index is 660. The quantitative estimate of drug-likeness (QED) is 0.521. The summed E-state index contributed by atoms with van der Waals surface area (Å²) in [5.74, 6) is 0.431. The molecule has 3 rings (SSSR count). The van der Waals surface area contributed by atoms with Gasteiger partial charge < -0.3 is 34.9 Å². The Balaban J connectivity index is 1.85. The average molecular weight is 374 g/mol. The number of hydrogen-bond donors (Lipinski definition) is 5. The number of aliphatic hydroxyl groups excluding tert-OH is 4. The lowest BCUT2D eigenvalue weighted by Gasteiger charge is -2.39. The van der Waals surface area contributed by atoms with Gasteiger partial charge in [-0.15, -0.1) is 0 Å². The van der Waals surface area contributed by atoms with Gasteiger partial charge in [-0.2, -0.15) is 0 Å². The summed E-state index contributed by atoms with van der Waals surface area (Å²) in [4.78, 5) is 3.02. The van der Waals surface area contributed by atoms with Crippen LogP contribution >= 0.6 is 15.9 Å². The Kier molecular flexibility index (Phi) is 4.40. The van der Waals surface area contributed by atoms with Crippen LogP contribution in [0.3, 0.4) is 0 Å². The standard InChI is InChI=1S/C14H16BrNO6/c15-6-1-2-8-7(3-6)9(4-16-8)21-14-13(20)12(19)11(18)10(5-17)22-14/h1-4,10-14,16-20H,5H2/t10?,11?,12-,13+,14-/m1/s1. The molecule has 1 aliphatic heterocycles. The van der Waals surface area contributed by atoms with Crippen molar-refractivity contribution in [1.29, 1.82) is 0 Å². The highest BCUT2D eigenvalue weighted by molar-refractivity contribution is 9.10. The third kappa shape index (κ3) is 2.73. The first kappa shape index (κ1) is 15.7. The van der Waals surface area contributed by atoms with Crippen LogP contribution in [0.5, 0.6) is 5.75 Å². The lowest BCUT2D eigenvalue weighted by atomic mass is 9.99. The molecule has 0 aliphatic carbocycles. The molecule has 120 valence electrons. The molecule has 1 fully saturated rings. The normalized spacial score (nSPS) is 32.3. The van der Waals surface area contributed by atoms with Gasteiger partial charge in [0, 0.05) is 21.6 Å². The van der Waals surface area contributed by atoms with E-state index in [0.29, 0.717) is 5.75 Å². The molecule has 2 unspecified atom stereocenters. The zero-order valence-corrected chi connectivity index (χ0v) is 13.0. The maximum absolute atomic E-state index is 9.99. The summed E-state index contributed by atoms with van der Waals surface area (Å²) < 4.78 is 11.8. The van der Waals surface area contributed by atoms with Crippen LogP contribution < -0.4 is 4.74 Å². The maximum Gasteiger partial charge on any atom is 0.229 e. The smallest absolute Gasteiger partial charge is 0.229 e. The predicted molar refractivity (Wildman–Crippen MR) is 80.4 cm³/mol. The number of aromatic amines is 1. The summed E-state index contributed by atoms with van der Waals surface area (Å²) in [5.41, 5.74) is 0.836. The highest BCUT2D eigenvalue weighted by Crippen LogP contribution is 2.31. The molecule has 1 aliphatic rings. The number of ether oxygens (including phenoxy) is 2. The molecular formula is C14H16BrNO6. The van der Waals surface area contributed by atoms with Crippen LogP contribution in [0, 0.1) is 0 Å². The monoisotopic (exact) mass is 373 g/mol. The molecule has 5 N–H and O–H groups in total. The van der Waals surface area contributed by atoms with E-state index in [1.807, 2.05) is 18.2 Å². The van der Waals surface area contributed by atoms with E-state index in [2.05, 4.69) is 20.9 Å². The molecule has 1 aromatic carbocycles. The van der Waals surface area contributed by atoms with Crippen molar-refractivity contribution in [2.75, 3.05) is 6.61 Å². The minimum Gasteiger partial charge on any atom is -0.460 e. The van der Waals surface area contributed by atoms with Gasteiger partial charge in [-0.25, -0.2) is 0 Å². The molecule has 5 atom stereocenters. The van der Waals surface area contributed by atoms with E-state index in [4.69, 9.17) is 9.47 Å². The zero-order chi connectivity index (χ0) is 15.9. The molecule has 0 spiro atoms. The molecule has 0 radical (unpaired) electrons. The Morgan fingerprint density at radius 3 is 2.68 bits per heavy atom. The molecule has 7 nitrogen and oxygen atoms in total. The maximum atomic E-state index is 9.99. The van der Waals surface area contributed by atoms with Crippen LogP contribution in [-0.2, 0) is 4.74 Å². The number of H-pyrrole nitrogens is 1. The van der Waals surface area contributed by atoms with Crippen LogP contribution in [0.1, 0.15) is 0 Å². The summed E-state index contributed by atoms with van der Waals surface area (Å²) in [6.45, 7) is -0.496. The van der Waals surface area contributed by atoms with E-state index in [1.165, 1.54) is 0 Å². The van der Waals surface area contributed by atoms with Gasteiger partial charge in [0.2, 0.25) is 6.29 Å². The van der Waals surface area contributed by atoms with Crippen LogP contribution in [-0.4, -0.2) is 62.7 Å². The second-order valence-corrected chi connectivity index (χ2v) is 6.07. The number of halogens is 1. The van der Waals surface area contributed by atoms with Crippen molar-refractivity contribution in [2.24, 2.45) is 0 Å². The fraction of sp³-hybridized carbons (Fsp3) is 0.429. The van der Waals surface area contributed by atoms with E-state index in [-0.39, 0.29) is 0 Å². The number of benzene rings is 1. The fourth-order valence-electron chi connectivity index (χ4n) is 2.45. The van der Waals surface area contributed by atoms with Gasteiger partial charge in [0.15, 0.2) is 0 Å². The summed E-state index contributed by atoms with van der Waals surface area (Å²) in [6.07, 6.45) is -4.90. The minimum absolute atomic E-state index is 0.431. The lowest BCUT2D eigenvalue weighted by molar-refractivity contribution is -0.277. The Labute approximate surface area is 134 Å². The number of hydrogen-bond acceptors (Lipinski definition) is 6. The summed E-state index contributed by atoms with van der Waals surface area (Å²) >= 11 is 3.37. The van der Waals surface area contributed by atoms with Crippen molar-refractivity contribution < 1.29 is 29.9 Å². The van der Waals surface area contributed by atoms with Crippen molar-refractivity contribution in [2.45, 2.75) is 30.7 Å². The molecule has 2 aromatic rings. The van der Waals surface area contributed by atoms with Crippen molar-refractivity contribution in [3.8, 4) is 5.75 Å². The van der Waals surface area contributed by atoms with Gasteiger partial charge in [-0.1, -0.05) is 15.9 Å². The molecule has 0 amide bonds. The number of nitrogens with one attached hydrogen (secondary N) is 1. The second kappa shape index (κ2) is 6.15. The summed E-state index contributed by atoms with van der Waals surface area (Å²) in [6, 6.07) is 5.57. The van der Waals surface area contributed by atoms with Crippen LogP contribution in [0.2, 0.25) is 0 Å². The van der Waals surface area contributed by atoms with Gasteiger partial charge in [-0.3, -0.25) is 0 Å². The largest absolute Gasteiger partial charge is 0.460 e. The van der Waals surface area contributed by atoms with Gasteiger partial charge in [0.05, 0.1) is 6.61 Å². The molecule has 1 saturated heterocycles. The average Bonchev–Trinajstić information content (AvgIpc) is 2.90.